The predicted molar refractivity (Wildman–Crippen MR) is 100 cm³/mol. The van der Waals surface area contributed by atoms with Gasteiger partial charge in [0.15, 0.2) is 11.5 Å². The second kappa shape index (κ2) is 9.20. The standard InChI is InChI=1S/C20H25FN2O3/c1-5-26-18-9-7-15(10-19(18)25-4)12-23(3)13-20(24)22-16-8-6-14(2)17(21)11-16/h6-11H,5,12-13H2,1-4H3,(H,22,24). The molecule has 26 heavy (non-hydrogen) atoms. The van der Waals surface area contributed by atoms with Crippen molar-refractivity contribution in [1.29, 1.82) is 0 Å². The van der Waals surface area contributed by atoms with Crippen molar-refractivity contribution < 1.29 is 18.7 Å². The third kappa shape index (κ3) is 5.46. The van der Waals surface area contributed by atoms with Crippen LogP contribution in [0, 0.1) is 12.7 Å². The molecule has 1 amide bonds. The van der Waals surface area contributed by atoms with E-state index in [0.29, 0.717) is 35.9 Å². The molecular formula is C20H25FN2O3. The maximum absolute atomic E-state index is 13.6. The minimum Gasteiger partial charge on any atom is -0.493 e. The summed E-state index contributed by atoms with van der Waals surface area (Å²) < 4.78 is 24.4. The first-order valence-corrected chi connectivity index (χ1v) is 8.47. The molecule has 0 aromatic heterocycles. The van der Waals surface area contributed by atoms with Gasteiger partial charge in [0.25, 0.3) is 0 Å². The van der Waals surface area contributed by atoms with E-state index >= 15 is 0 Å². The Morgan fingerprint density at radius 2 is 1.96 bits per heavy atom. The highest BCUT2D eigenvalue weighted by molar-refractivity contribution is 5.92. The van der Waals surface area contributed by atoms with Crippen LogP contribution in [0.5, 0.6) is 11.5 Å². The van der Waals surface area contributed by atoms with E-state index in [0.717, 1.165) is 5.56 Å². The third-order valence-electron chi connectivity index (χ3n) is 3.85. The number of hydrogen-bond donors (Lipinski definition) is 1. The fraction of sp³-hybridized carbons (Fsp3) is 0.350. The van der Waals surface area contributed by atoms with Gasteiger partial charge in [0, 0.05) is 12.2 Å². The number of halogens is 1. The molecule has 140 valence electrons. The average Bonchev–Trinajstić information content (AvgIpc) is 2.59. The molecule has 2 rings (SSSR count). The van der Waals surface area contributed by atoms with Crippen LogP contribution in [0.25, 0.3) is 0 Å². The van der Waals surface area contributed by atoms with E-state index in [-0.39, 0.29) is 18.3 Å². The maximum atomic E-state index is 13.6. The summed E-state index contributed by atoms with van der Waals surface area (Å²) in [5.41, 5.74) is 2.00. The Morgan fingerprint density at radius 1 is 1.19 bits per heavy atom. The molecule has 2 aromatic rings. The van der Waals surface area contributed by atoms with Gasteiger partial charge in [-0.25, -0.2) is 4.39 Å². The molecule has 0 saturated carbocycles. The van der Waals surface area contributed by atoms with Crippen LogP contribution in [0.3, 0.4) is 0 Å². The molecule has 0 radical (unpaired) electrons. The number of carbonyl (C=O) groups is 1. The third-order valence-corrected chi connectivity index (χ3v) is 3.85. The maximum Gasteiger partial charge on any atom is 0.238 e. The monoisotopic (exact) mass is 360 g/mol. The van der Waals surface area contributed by atoms with Crippen molar-refractivity contribution >= 4 is 11.6 Å². The van der Waals surface area contributed by atoms with Crippen molar-refractivity contribution in [3.05, 3.63) is 53.3 Å². The van der Waals surface area contributed by atoms with Gasteiger partial charge in [-0.3, -0.25) is 9.69 Å². The summed E-state index contributed by atoms with van der Waals surface area (Å²) >= 11 is 0. The van der Waals surface area contributed by atoms with E-state index in [1.165, 1.54) is 6.07 Å². The van der Waals surface area contributed by atoms with Gasteiger partial charge >= 0.3 is 0 Å². The molecule has 0 unspecified atom stereocenters. The Labute approximate surface area is 153 Å². The molecular weight excluding hydrogens is 335 g/mol. The number of ether oxygens (including phenoxy) is 2. The molecule has 0 aliphatic rings. The van der Waals surface area contributed by atoms with Gasteiger partial charge in [-0.2, -0.15) is 0 Å². The number of rotatable bonds is 8. The predicted octanol–water partition coefficient (Wildman–Crippen LogP) is 3.61. The lowest BCUT2D eigenvalue weighted by molar-refractivity contribution is -0.117. The minimum absolute atomic E-state index is 0.186. The van der Waals surface area contributed by atoms with Crippen molar-refractivity contribution in [2.75, 3.05) is 32.6 Å². The molecule has 0 atom stereocenters. The molecule has 0 bridgehead atoms. The van der Waals surface area contributed by atoms with Crippen LogP contribution in [0.2, 0.25) is 0 Å². The lowest BCUT2D eigenvalue weighted by atomic mass is 10.2. The molecule has 0 fully saturated rings. The van der Waals surface area contributed by atoms with Crippen LogP contribution in [0.1, 0.15) is 18.1 Å². The van der Waals surface area contributed by atoms with Crippen molar-refractivity contribution in [2.24, 2.45) is 0 Å². The van der Waals surface area contributed by atoms with E-state index in [4.69, 9.17) is 9.47 Å². The largest absolute Gasteiger partial charge is 0.493 e. The number of nitrogens with zero attached hydrogens (tertiary/aromatic N) is 1. The van der Waals surface area contributed by atoms with Gasteiger partial charge in [0.1, 0.15) is 5.82 Å². The molecule has 2 aromatic carbocycles. The van der Waals surface area contributed by atoms with Crippen LogP contribution < -0.4 is 14.8 Å². The summed E-state index contributed by atoms with van der Waals surface area (Å²) in [6.07, 6.45) is 0. The molecule has 0 heterocycles. The van der Waals surface area contributed by atoms with Gasteiger partial charge < -0.3 is 14.8 Å². The molecule has 0 spiro atoms. The first-order valence-electron chi connectivity index (χ1n) is 8.47. The summed E-state index contributed by atoms with van der Waals surface area (Å²) in [4.78, 5) is 14.0. The summed E-state index contributed by atoms with van der Waals surface area (Å²) in [6, 6.07) is 10.4. The minimum atomic E-state index is -0.336. The lowest BCUT2D eigenvalue weighted by Crippen LogP contribution is -2.29. The Balaban J connectivity index is 1.94. The molecule has 0 saturated heterocycles. The van der Waals surface area contributed by atoms with Gasteiger partial charge in [-0.15, -0.1) is 0 Å². The number of anilines is 1. The Kier molecular flexibility index (Phi) is 6.97. The summed E-state index contributed by atoms with van der Waals surface area (Å²) in [6.45, 7) is 4.91. The normalized spacial score (nSPS) is 10.7. The fourth-order valence-corrected chi connectivity index (χ4v) is 2.57. The van der Waals surface area contributed by atoms with Crippen molar-refractivity contribution in [3.63, 3.8) is 0 Å². The van der Waals surface area contributed by atoms with Gasteiger partial charge in [-0.1, -0.05) is 12.1 Å². The van der Waals surface area contributed by atoms with E-state index < -0.39 is 0 Å². The summed E-state index contributed by atoms with van der Waals surface area (Å²) in [5.74, 6) is 0.823. The van der Waals surface area contributed by atoms with Gasteiger partial charge in [0.05, 0.1) is 20.3 Å². The smallest absolute Gasteiger partial charge is 0.238 e. The number of carbonyl (C=O) groups excluding carboxylic acids is 1. The lowest BCUT2D eigenvalue weighted by Gasteiger charge is -2.18. The number of amides is 1. The Bertz CT molecular complexity index is 765. The second-order valence-corrected chi connectivity index (χ2v) is 6.10. The SMILES string of the molecule is CCOc1ccc(CN(C)CC(=O)Nc2ccc(C)c(F)c2)cc1OC. The zero-order valence-corrected chi connectivity index (χ0v) is 15.6. The average molecular weight is 360 g/mol. The van der Waals surface area contributed by atoms with E-state index in [1.54, 1.807) is 26.2 Å². The fourth-order valence-electron chi connectivity index (χ4n) is 2.57. The zero-order chi connectivity index (χ0) is 19.1. The number of nitrogens with one attached hydrogen (secondary N) is 1. The van der Waals surface area contributed by atoms with Crippen molar-refractivity contribution in [3.8, 4) is 11.5 Å². The van der Waals surface area contributed by atoms with Crippen molar-refractivity contribution in [1.82, 2.24) is 4.90 Å². The van der Waals surface area contributed by atoms with E-state index in [1.807, 2.05) is 37.1 Å². The van der Waals surface area contributed by atoms with Crippen LogP contribution in [0.4, 0.5) is 10.1 Å². The van der Waals surface area contributed by atoms with Crippen LogP contribution >= 0.6 is 0 Å². The highest BCUT2D eigenvalue weighted by atomic mass is 19.1. The molecule has 5 nitrogen and oxygen atoms in total. The summed E-state index contributed by atoms with van der Waals surface area (Å²) in [7, 11) is 3.44. The first-order chi connectivity index (χ1) is 12.4. The molecule has 6 heteroatoms. The van der Waals surface area contributed by atoms with Crippen LogP contribution in [0.15, 0.2) is 36.4 Å². The topological polar surface area (TPSA) is 50.8 Å². The highest BCUT2D eigenvalue weighted by Crippen LogP contribution is 2.28. The number of likely N-dealkylation sites (N-methyl/N-ethyl adjacent to an activating group) is 1. The molecule has 0 aliphatic heterocycles. The zero-order valence-electron chi connectivity index (χ0n) is 15.6. The number of hydrogen-bond acceptors (Lipinski definition) is 4. The Hall–Kier alpha value is -2.60. The van der Waals surface area contributed by atoms with Crippen LogP contribution in [-0.4, -0.2) is 38.1 Å². The number of benzene rings is 2. The van der Waals surface area contributed by atoms with E-state index in [9.17, 15) is 9.18 Å². The van der Waals surface area contributed by atoms with Crippen LogP contribution in [-0.2, 0) is 11.3 Å². The number of methoxy groups -OCH3 is 1. The quantitative estimate of drug-likeness (QED) is 0.781. The first kappa shape index (κ1) is 19.7. The van der Waals surface area contributed by atoms with Gasteiger partial charge in [-0.05, 0) is 56.3 Å². The van der Waals surface area contributed by atoms with Gasteiger partial charge in [0.2, 0.25) is 5.91 Å². The highest BCUT2D eigenvalue weighted by Gasteiger charge is 2.11. The number of aryl methyl sites for hydroxylation is 1. The summed E-state index contributed by atoms with van der Waals surface area (Å²) in [5, 5.41) is 2.71. The van der Waals surface area contributed by atoms with E-state index in [2.05, 4.69) is 5.32 Å². The molecule has 1 N–H and O–H groups in total. The van der Waals surface area contributed by atoms with Crippen molar-refractivity contribution in [2.45, 2.75) is 20.4 Å². The second-order valence-electron chi connectivity index (χ2n) is 6.10. The molecule has 0 aliphatic carbocycles. The Morgan fingerprint density at radius 3 is 2.62 bits per heavy atom.